The van der Waals surface area contributed by atoms with Gasteiger partial charge in [-0.1, -0.05) is 0 Å². The minimum atomic E-state index is -0.0291. The second kappa shape index (κ2) is 7.71. The minimum Gasteiger partial charge on any atom is -0.494 e. The smallest absolute Gasteiger partial charge is 0.316 e. The fraction of sp³-hybridized carbons (Fsp3) is 0.368. The number of hydrogen-bond acceptors (Lipinski definition) is 9. The zero-order valence-electron chi connectivity index (χ0n) is 16.0. The number of anilines is 1. The summed E-state index contributed by atoms with van der Waals surface area (Å²) in [6.07, 6.45) is 5.55. The molecular weight excluding hydrogens is 362 g/mol. The Bertz CT molecular complexity index is 966. The normalized spacial score (nSPS) is 16.2. The van der Waals surface area contributed by atoms with Gasteiger partial charge >= 0.3 is 6.01 Å². The lowest BCUT2D eigenvalue weighted by Gasteiger charge is -2.19. The van der Waals surface area contributed by atoms with E-state index in [4.69, 9.17) is 18.9 Å². The fourth-order valence-electron chi connectivity index (χ4n) is 3.26. The molecule has 9 nitrogen and oxygen atoms in total. The number of methoxy groups -OCH3 is 3. The molecule has 9 heteroatoms. The zero-order chi connectivity index (χ0) is 19.5. The van der Waals surface area contributed by atoms with Crippen LogP contribution in [0.4, 0.5) is 5.82 Å². The summed E-state index contributed by atoms with van der Waals surface area (Å²) in [7, 11) is 4.79. The highest BCUT2D eigenvalue weighted by Gasteiger charge is 2.27. The molecule has 0 aliphatic carbocycles. The van der Waals surface area contributed by atoms with Crippen molar-refractivity contribution in [1.29, 1.82) is 0 Å². The maximum Gasteiger partial charge on any atom is 0.316 e. The molecule has 3 heterocycles. The maximum absolute atomic E-state index is 5.91. The Morgan fingerprint density at radius 2 is 1.68 bits per heavy atom. The molecule has 2 aromatic heterocycles. The van der Waals surface area contributed by atoms with Crippen molar-refractivity contribution in [1.82, 2.24) is 19.9 Å². The zero-order valence-corrected chi connectivity index (χ0v) is 16.0. The molecule has 0 saturated carbocycles. The quantitative estimate of drug-likeness (QED) is 0.634. The van der Waals surface area contributed by atoms with Gasteiger partial charge in [0, 0.05) is 24.4 Å². The van der Waals surface area contributed by atoms with Crippen molar-refractivity contribution in [3.05, 3.63) is 30.9 Å². The van der Waals surface area contributed by atoms with Crippen LogP contribution in [0.5, 0.6) is 23.3 Å². The van der Waals surface area contributed by atoms with Crippen molar-refractivity contribution < 1.29 is 18.9 Å². The lowest BCUT2D eigenvalue weighted by atomic mass is 10.2. The van der Waals surface area contributed by atoms with Crippen LogP contribution in [-0.2, 0) is 0 Å². The molecule has 1 atom stereocenters. The van der Waals surface area contributed by atoms with Crippen molar-refractivity contribution in [2.45, 2.75) is 12.5 Å². The van der Waals surface area contributed by atoms with E-state index in [-0.39, 0.29) is 6.10 Å². The highest BCUT2D eigenvalue weighted by Crippen LogP contribution is 2.35. The molecule has 1 saturated heterocycles. The summed E-state index contributed by atoms with van der Waals surface area (Å²) in [5.74, 6) is 2.72. The summed E-state index contributed by atoms with van der Waals surface area (Å²) in [4.78, 5) is 19.4. The van der Waals surface area contributed by atoms with Crippen molar-refractivity contribution in [3.63, 3.8) is 0 Å². The SMILES string of the molecule is COc1cnc(OC2CCN(c3ncnc4cc(OC)c(OC)cc34)C2)nc1. The van der Waals surface area contributed by atoms with E-state index >= 15 is 0 Å². The Morgan fingerprint density at radius 1 is 0.929 bits per heavy atom. The van der Waals surface area contributed by atoms with E-state index in [9.17, 15) is 0 Å². The van der Waals surface area contributed by atoms with Crippen molar-refractivity contribution >= 4 is 16.7 Å². The van der Waals surface area contributed by atoms with E-state index in [0.29, 0.717) is 29.8 Å². The number of hydrogen-bond donors (Lipinski definition) is 0. The molecule has 0 amide bonds. The van der Waals surface area contributed by atoms with Gasteiger partial charge < -0.3 is 23.8 Å². The summed E-state index contributed by atoms with van der Waals surface area (Å²) < 4.78 is 21.8. The molecular formula is C19H21N5O4. The van der Waals surface area contributed by atoms with Gasteiger partial charge in [-0.15, -0.1) is 0 Å². The summed E-state index contributed by atoms with van der Waals surface area (Å²) >= 11 is 0. The van der Waals surface area contributed by atoms with Crippen molar-refractivity contribution in [3.8, 4) is 23.3 Å². The molecule has 1 unspecified atom stereocenters. The molecule has 1 aliphatic heterocycles. The van der Waals surface area contributed by atoms with Crippen LogP contribution >= 0.6 is 0 Å². The van der Waals surface area contributed by atoms with Crippen LogP contribution in [0.25, 0.3) is 10.9 Å². The maximum atomic E-state index is 5.91. The highest BCUT2D eigenvalue weighted by atomic mass is 16.5. The van der Waals surface area contributed by atoms with Crippen LogP contribution < -0.4 is 23.8 Å². The molecule has 28 heavy (non-hydrogen) atoms. The number of nitrogens with zero attached hydrogens (tertiary/aromatic N) is 5. The van der Waals surface area contributed by atoms with E-state index in [1.54, 1.807) is 40.1 Å². The van der Waals surface area contributed by atoms with Gasteiger partial charge in [0.15, 0.2) is 17.2 Å². The third-order valence-electron chi connectivity index (χ3n) is 4.68. The van der Waals surface area contributed by atoms with Crippen LogP contribution in [0, 0.1) is 0 Å². The Morgan fingerprint density at radius 3 is 2.39 bits per heavy atom. The second-order valence-corrected chi connectivity index (χ2v) is 6.30. The first-order chi connectivity index (χ1) is 13.7. The standard InChI is InChI=1S/C19H21N5O4/c1-25-13-8-20-19(21-9-13)28-12-4-5-24(10-12)18-14-6-16(26-2)17(27-3)7-15(14)22-11-23-18/h6-9,11-12H,4-5,10H2,1-3H3. The molecule has 0 N–H and O–H groups in total. The van der Waals surface area contributed by atoms with Crippen LogP contribution in [0.2, 0.25) is 0 Å². The van der Waals surface area contributed by atoms with Gasteiger partial charge in [-0.25, -0.2) is 9.97 Å². The van der Waals surface area contributed by atoms with E-state index in [0.717, 1.165) is 29.7 Å². The Kier molecular flexibility index (Phi) is 4.96. The number of benzene rings is 1. The van der Waals surface area contributed by atoms with Crippen LogP contribution in [-0.4, -0.2) is 60.5 Å². The van der Waals surface area contributed by atoms with E-state index in [1.807, 2.05) is 12.1 Å². The van der Waals surface area contributed by atoms with Gasteiger partial charge in [0.25, 0.3) is 0 Å². The van der Waals surface area contributed by atoms with Gasteiger partial charge in [-0.05, 0) is 6.07 Å². The molecule has 4 rings (SSSR count). The van der Waals surface area contributed by atoms with Crippen LogP contribution in [0.1, 0.15) is 6.42 Å². The van der Waals surface area contributed by atoms with E-state index < -0.39 is 0 Å². The molecule has 146 valence electrons. The third-order valence-corrected chi connectivity index (χ3v) is 4.68. The van der Waals surface area contributed by atoms with Gasteiger partial charge in [0.1, 0.15) is 18.2 Å². The second-order valence-electron chi connectivity index (χ2n) is 6.30. The average molecular weight is 383 g/mol. The molecule has 0 bridgehead atoms. The fourth-order valence-corrected chi connectivity index (χ4v) is 3.26. The van der Waals surface area contributed by atoms with Gasteiger partial charge in [0.05, 0.1) is 45.8 Å². The molecule has 1 fully saturated rings. The summed E-state index contributed by atoms with van der Waals surface area (Å²) in [6, 6.07) is 4.10. The Labute approximate surface area is 162 Å². The van der Waals surface area contributed by atoms with Crippen LogP contribution in [0.3, 0.4) is 0 Å². The monoisotopic (exact) mass is 383 g/mol. The topological polar surface area (TPSA) is 91.7 Å². The Balaban J connectivity index is 1.55. The van der Waals surface area contributed by atoms with E-state index in [1.165, 1.54) is 0 Å². The van der Waals surface area contributed by atoms with Crippen LogP contribution in [0.15, 0.2) is 30.9 Å². The van der Waals surface area contributed by atoms with Crippen molar-refractivity contribution in [2.75, 3.05) is 39.3 Å². The first-order valence-electron chi connectivity index (χ1n) is 8.86. The first-order valence-corrected chi connectivity index (χ1v) is 8.86. The predicted molar refractivity (Wildman–Crippen MR) is 102 cm³/mol. The molecule has 1 aromatic carbocycles. The minimum absolute atomic E-state index is 0.0291. The molecule has 3 aromatic rings. The third kappa shape index (κ3) is 3.42. The number of fused-ring (bicyclic) bond motifs is 1. The number of ether oxygens (including phenoxy) is 4. The first kappa shape index (κ1) is 18.0. The molecule has 0 radical (unpaired) electrons. The van der Waals surface area contributed by atoms with Gasteiger partial charge in [-0.2, -0.15) is 9.97 Å². The number of aromatic nitrogens is 4. The molecule has 1 aliphatic rings. The Hall–Kier alpha value is -3.36. The molecule has 0 spiro atoms. The van der Waals surface area contributed by atoms with Crippen molar-refractivity contribution in [2.24, 2.45) is 0 Å². The lowest BCUT2D eigenvalue weighted by Crippen LogP contribution is -2.26. The summed E-state index contributed by atoms with van der Waals surface area (Å²) in [5.41, 5.74) is 0.797. The summed E-state index contributed by atoms with van der Waals surface area (Å²) in [6.45, 7) is 1.48. The predicted octanol–water partition coefficient (Wildman–Crippen LogP) is 2.10. The van der Waals surface area contributed by atoms with E-state index in [2.05, 4.69) is 24.8 Å². The average Bonchev–Trinajstić information content (AvgIpc) is 3.21. The number of rotatable bonds is 6. The summed E-state index contributed by atoms with van der Waals surface area (Å²) in [5, 5.41) is 0.904. The van der Waals surface area contributed by atoms with Gasteiger partial charge in [0.2, 0.25) is 0 Å². The highest BCUT2D eigenvalue weighted by molar-refractivity contribution is 5.92. The lowest BCUT2D eigenvalue weighted by molar-refractivity contribution is 0.205. The largest absolute Gasteiger partial charge is 0.494 e. The van der Waals surface area contributed by atoms with Gasteiger partial charge in [-0.3, -0.25) is 0 Å².